The average Bonchev–Trinajstić information content (AvgIpc) is 3.02. The number of amides is 1. The SMILES string of the molecule is COCCC1(C(=O)NCC2(COC)CCNCC2)CCCC1. The molecule has 0 aromatic heterocycles. The van der Waals surface area contributed by atoms with E-state index in [9.17, 15) is 4.79 Å². The second-order valence-electron chi connectivity index (χ2n) is 7.10. The molecular formula is C17H32N2O3. The number of piperidine rings is 1. The highest BCUT2D eigenvalue weighted by atomic mass is 16.5. The number of nitrogens with one attached hydrogen (secondary N) is 2. The average molecular weight is 312 g/mol. The van der Waals surface area contributed by atoms with Gasteiger partial charge in [-0.15, -0.1) is 0 Å². The normalized spacial score (nSPS) is 23.4. The Morgan fingerprint density at radius 3 is 2.36 bits per heavy atom. The van der Waals surface area contributed by atoms with Crippen LogP contribution in [0, 0.1) is 10.8 Å². The van der Waals surface area contributed by atoms with Gasteiger partial charge >= 0.3 is 0 Å². The highest BCUT2D eigenvalue weighted by molar-refractivity contribution is 5.83. The maximum atomic E-state index is 12.8. The molecule has 0 aromatic carbocycles. The van der Waals surface area contributed by atoms with E-state index in [1.807, 2.05) is 0 Å². The second-order valence-corrected chi connectivity index (χ2v) is 7.10. The third-order valence-corrected chi connectivity index (χ3v) is 5.57. The third-order valence-electron chi connectivity index (χ3n) is 5.57. The summed E-state index contributed by atoms with van der Waals surface area (Å²) in [7, 11) is 3.46. The Morgan fingerprint density at radius 1 is 1.09 bits per heavy atom. The van der Waals surface area contributed by atoms with Gasteiger partial charge in [0.2, 0.25) is 5.91 Å². The molecule has 22 heavy (non-hydrogen) atoms. The first-order valence-electron chi connectivity index (χ1n) is 8.63. The van der Waals surface area contributed by atoms with E-state index in [4.69, 9.17) is 9.47 Å². The van der Waals surface area contributed by atoms with Gasteiger partial charge in [-0.2, -0.15) is 0 Å². The Labute approximate surface area is 134 Å². The molecule has 2 rings (SSSR count). The molecule has 5 heteroatoms. The Balaban J connectivity index is 1.93. The van der Waals surface area contributed by atoms with Crippen LogP contribution >= 0.6 is 0 Å². The zero-order chi connectivity index (χ0) is 15.9. The quantitative estimate of drug-likeness (QED) is 0.716. The van der Waals surface area contributed by atoms with E-state index < -0.39 is 0 Å². The first-order valence-corrected chi connectivity index (χ1v) is 8.63. The number of carbonyl (C=O) groups is 1. The molecule has 1 saturated heterocycles. The molecule has 0 bridgehead atoms. The van der Waals surface area contributed by atoms with Gasteiger partial charge < -0.3 is 20.1 Å². The molecule has 0 atom stereocenters. The minimum Gasteiger partial charge on any atom is -0.385 e. The van der Waals surface area contributed by atoms with Crippen LogP contribution < -0.4 is 10.6 Å². The maximum absolute atomic E-state index is 12.8. The molecule has 1 aliphatic carbocycles. The van der Waals surface area contributed by atoms with E-state index in [1.54, 1.807) is 14.2 Å². The van der Waals surface area contributed by atoms with Gasteiger partial charge in [0.05, 0.1) is 12.0 Å². The molecule has 2 aliphatic rings. The molecular weight excluding hydrogens is 280 g/mol. The summed E-state index contributed by atoms with van der Waals surface area (Å²) in [4.78, 5) is 12.8. The molecule has 0 radical (unpaired) electrons. The Kier molecular flexibility index (Phi) is 6.66. The summed E-state index contributed by atoms with van der Waals surface area (Å²) in [5.41, 5.74) is -0.103. The lowest BCUT2D eigenvalue weighted by molar-refractivity contribution is -0.132. The van der Waals surface area contributed by atoms with Gasteiger partial charge in [0.15, 0.2) is 0 Å². The van der Waals surface area contributed by atoms with Crippen LogP contribution in [-0.2, 0) is 14.3 Å². The largest absolute Gasteiger partial charge is 0.385 e. The van der Waals surface area contributed by atoms with E-state index in [1.165, 1.54) is 0 Å². The summed E-state index contributed by atoms with van der Waals surface area (Å²) < 4.78 is 10.7. The van der Waals surface area contributed by atoms with Gasteiger partial charge in [-0.05, 0) is 45.2 Å². The summed E-state index contributed by atoms with van der Waals surface area (Å²) in [6, 6.07) is 0. The Hall–Kier alpha value is -0.650. The predicted molar refractivity (Wildman–Crippen MR) is 86.8 cm³/mol. The van der Waals surface area contributed by atoms with Crippen LogP contribution in [0.5, 0.6) is 0 Å². The topological polar surface area (TPSA) is 59.6 Å². The van der Waals surface area contributed by atoms with Crippen molar-refractivity contribution in [3.05, 3.63) is 0 Å². The van der Waals surface area contributed by atoms with Crippen LogP contribution in [-0.4, -0.2) is 53.0 Å². The van der Waals surface area contributed by atoms with E-state index in [2.05, 4.69) is 10.6 Å². The zero-order valence-electron chi connectivity index (χ0n) is 14.2. The van der Waals surface area contributed by atoms with Crippen LogP contribution in [0.2, 0.25) is 0 Å². The highest BCUT2D eigenvalue weighted by Crippen LogP contribution is 2.41. The zero-order valence-corrected chi connectivity index (χ0v) is 14.2. The Bertz CT molecular complexity index is 342. The lowest BCUT2D eigenvalue weighted by atomic mass is 9.78. The van der Waals surface area contributed by atoms with Crippen LogP contribution in [0.3, 0.4) is 0 Å². The Morgan fingerprint density at radius 2 is 1.77 bits per heavy atom. The fourth-order valence-electron chi connectivity index (χ4n) is 4.03. The molecule has 1 saturated carbocycles. The molecule has 2 N–H and O–H groups in total. The summed E-state index contributed by atoms with van der Waals surface area (Å²) in [5, 5.41) is 6.66. The number of hydrogen-bond donors (Lipinski definition) is 2. The van der Waals surface area contributed by atoms with Gasteiger partial charge in [0.25, 0.3) is 0 Å². The van der Waals surface area contributed by atoms with Crippen LogP contribution in [0.15, 0.2) is 0 Å². The molecule has 0 unspecified atom stereocenters. The number of hydrogen-bond acceptors (Lipinski definition) is 4. The highest BCUT2D eigenvalue weighted by Gasteiger charge is 2.42. The van der Waals surface area contributed by atoms with E-state index in [0.29, 0.717) is 6.61 Å². The van der Waals surface area contributed by atoms with Crippen molar-refractivity contribution >= 4 is 5.91 Å². The van der Waals surface area contributed by atoms with Gasteiger partial charge in [0.1, 0.15) is 0 Å². The van der Waals surface area contributed by atoms with E-state index in [-0.39, 0.29) is 16.7 Å². The minimum atomic E-state index is -0.197. The van der Waals surface area contributed by atoms with Crippen LogP contribution in [0.4, 0.5) is 0 Å². The van der Waals surface area contributed by atoms with Gasteiger partial charge in [0, 0.05) is 32.8 Å². The van der Waals surface area contributed by atoms with E-state index >= 15 is 0 Å². The standard InChI is InChI=1S/C17H32N2O3/c1-21-12-9-17(5-3-4-6-17)15(20)19-13-16(14-22-2)7-10-18-11-8-16/h18H,3-14H2,1-2H3,(H,19,20). The van der Waals surface area contributed by atoms with Crippen molar-refractivity contribution in [1.82, 2.24) is 10.6 Å². The smallest absolute Gasteiger partial charge is 0.226 e. The molecule has 0 spiro atoms. The fraction of sp³-hybridized carbons (Fsp3) is 0.941. The maximum Gasteiger partial charge on any atom is 0.226 e. The van der Waals surface area contributed by atoms with Crippen LogP contribution in [0.25, 0.3) is 0 Å². The lowest BCUT2D eigenvalue weighted by Crippen LogP contribution is -2.50. The molecule has 1 heterocycles. The van der Waals surface area contributed by atoms with Crippen molar-refractivity contribution in [1.29, 1.82) is 0 Å². The second kappa shape index (κ2) is 8.27. The van der Waals surface area contributed by atoms with E-state index in [0.717, 1.165) is 71.2 Å². The fourth-order valence-corrected chi connectivity index (χ4v) is 4.03. The minimum absolute atomic E-state index is 0.0940. The molecule has 128 valence electrons. The summed E-state index contributed by atoms with van der Waals surface area (Å²) in [6.45, 7) is 4.14. The number of carbonyl (C=O) groups excluding carboxylic acids is 1. The third kappa shape index (κ3) is 4.21. The van der Waals surface area contributed by atoms with Crippen LogP contribution in [0.1, 0.15) is 44.9 Å². The molecule has 1 amide bonds. The van der Waals surface area contributed by atoms with Gasteiger partial charge in [-0.25, -0.2) is 0 Å². The van der Waals surface area contributed by atoms with Crippen molar-refractivity contribution in [2.45, 2.75) is 44.9 Å². The number of rotatable bonds is 8. The first-order chi connectivity index (χ1) is 10.7. The summed E-state index contributed by atoms with van der Waals surface area (Å²) in [6.07, 6.45) is 7.28. The molecule has 2 fully saturated rings. The monoisotopic (exact) mass is 312 g/mol. The summed E-state index contributed by atoms with van der Waals surface area (Å²) >= 11 is 0. The van der Waals surface area contributed by atoms with Crippen molar-refractivity contribution in [3.8, 4) is 0 Å². The summed E-state index contributed by atoms with van der Waals surface area (Å²) in [5.74, 6) is 0.232. The first kappa shape index (κ1) is 17.7. The van der Waals surface area contributed by atoms with Crippen molar-refractivity contribution in [3.63, 3.8) is 0 Å². The predicted octanol–water partition coefficient (Wildman–Crippen LogP) is 1.72. The van der Waals surface area contributed by atoms with Crippen molar-refractivity contribution in [2.75, 3.05) is 47.1 Å². The van der Waals surface area contributed by atoms with Crippen molar-refractivity contribution < 1.29 is 14.3 Å². The molecule has 1 aliphatic heterocycles. The van der Waals surface area contributed by atoms with Crippen molar-refractivity contribution in [2.24, 2.45) is 10.8 Å². The van der Waals surface area contributed by atoms with Gasteiger partial charge in [-0.1, -0.05) is 12.8 Å². The van der Waals surface area contributed by atoms with Gasteiger partial charge in [-0.3, -0.25) is 4.79 Å². The number of methoxy groups -OCH3 is 2. The molecule has 0 aromatic rings. The molecule has 5 nitrogen and oxygen atoms in total. The lowest BCUT2D eigenvalue weighted by Gasteiger charge is -2.38. The number of ether oxygens (including phenoxy) is 2.